The van der Waals surface area contributed by atoms with E-state index in [1.807, 2.05) is 19.1 Å². The normalized spacial score (nSPS) is 14.0. The van der Waals surface area contributed by atoms with Gasteiger partial charge in [0, 0.05) is 6.61 Å². The van der Waals surface area contributed by atoms with Crippen molar-refractivity contribution in [3.63, 3.8) is 0 Å². The van der Waals surface area contributed by atoms with Crippen LogP contribution in [0.15, 0.2) is 60.7 Å². The Morgan fingerprint density at radius 3 is 1.75 bits per heavy atom. The minimum atomic E-state index is -3.48. The van der Waals surface area contributed by atoms with Gasteiger partial charge in [0.2, 0.25) is 0 Å². The van der Waals surface area contributed by atoms with Crippen LogP contribution >= 0.6 is 0 Å². The van der Waals surface area contributed by atoms with Gasteiger partial charge in [0.05, 0.1) is 12.4 Å². The number of benzene rings is 2. The third-order valence-corrected chi connectivity index (χ3v) is 10.6. The Balaban J connectivity index is 2.39. The summed E-state index contributed by atoms with van der Waals surface area (Å²) in [6.45, 7) is 9.05. The van der Waals surface area contributed by atoms with E-state index in [4.69, 9.17) is 8.61 Å². The molecule has 2 aromatic rings. The Morgan fingerprint density at radius 1 is 0.929 bits per heavy atom. The van der Waals surface area contributed by atoms with Crippen molar-refractivity contribution in [2.75, 3.05) is 12.9 Å². The molecule has 0 radical (unpaired) electrons. The van der Waals surface area contributed by atoms with Gasteiger partial charge in [-0.1, -0.05) is 88.4 Å². The number of rotatable bonds is 9. The van der Waals surface area contributed by atoms with Gasteiger partial charge in [0.25, 0.3) is 18.4 Å². The Kier molecular flexibility index (Phi) is 7.62. The summed E-state index contributed by atoms with van der Waals surface area (Å²) in [6.07, 6.45) is 1.89. The molecule has 0 saturated heterocycles. The van der Waals surface area contributed by atoms with Crippen LogP contribution in [0.4, 0.5) is 0 Å². The molecular weight excluding hydrogens is 388 g/mol. The van der Waals surface area contributed by atoms with E-state index in [1.165, 1.54) is 10.4 Å². The van der Waals surface area contributed by atoms with E-state index in [1.54, 1.807) is 0 Å². The van der Waals surface area contributed by atoms with Gasteiger partial charge in [0.15, 0.2) is 0 Å². The first kappa shape index (κ1) is 22.8. The molecule has 1 unspecified atom stereocenters. The third-order valence-electron chi connectivity index (χ3n) is 4.94. The highest BCUT2D eigenvalue weighted by Gasteiger charge is 2.50. The zero-order chi connectivity index (χ0) is 20.8. The molecule has 6 heteroatoms. The van der Waals surface area contributed by atoms with Crippen LogP contribution in [0.25, 0.3) is 0 Å². The fourth-order valence-electron chi connectivity index (χ4n) is 3.67. The second-order valence-electron chi connectivity index (χ2n) is 8.13. The molecule has 0 aliphatic heterocycles. The SMILES string of the molecule is CCC(CCO[Si](c1ccccc1)(c1ccccc1)C(C)(C)C)OS(C)(=O)=O. The molecule has 0 N–H and O–H groups in total. The molecule has 154 valence electrons. The molecule has 0 bridgehead atoms. The van der Waals surface area contributed by atoms with E-state index in [-0.39, 0.29) is 11.1 Å². The fourth-order valence-corrected chi connectivity index (χ4v) is 8.98. The number of hydrogen-bond acceptors (Lipinski definition) is 4. The van der Waals surface area contributed by atoms with Crippen LogP contribution in [0.1, 0.15) is 40.5 Å². The molecule has 2 rings (SSSR count). The zero-order valence-corrected chi connectivity index (χ0v) is 19.3. The molecule has 0 amide bonds. The molecule has 0 heterocycles. The van der Waals surface area contributed by atoms with Crippen LogP contribution in [0.3, 0.4) is 0 Å². The van der Waals surface area contributed by atoms with Gasteiger partial charge >= 0.3 is 0 Å². The average Bonchev–Trinajstić information content (AvgIpc) is 2.63. The van der Waals surface area contributed by atoms with Crippen molar-refractivity contribution < 1.29 is 17.0 Å². The lowest BCUT2D eigenvalue weighted by Gasteiger charge is -2.43. The predicted molar refractivity (Wildman–Crippen MR) is 118 cm³/mol. The van der Waals surface area contributed by atoms with Crippen molar-refractivity contribution in [2.45, 2.75) is 51.7 Å². The zero-order valence-electron chi connectivity index (χ0n) is 17.5. The van der Waals surface area contributed by atoms with Crippen LogP contribution in [0, 0.1) is 0 Å². The largest absolute Gasteiger partial charge is 0.407 e. The van der Waals surface area contributed by atoms with E-state index in [9.17, 15) is 8.42 Å². The van der Waals surface area contributed by atoms with E-state index >= 15 is 0 Å². The first-order valence-corrected chi connectivity index (χ1v) is 13.5. The van der Waals surface area contributed by atoms with Gasteiger partial charge in [0.1, 0.15) is 0 Å². The van der Waals surface area contributed by atoms with Crippen molar-refractivity contribution in [1.29, 1.82) is 0 Å². The molecule has 28 heavy (non-hydrogen) atoms. The highest BCUT2D eigenvalue weighted by Crippen LogP contribution is 2.36. The van der Waals surface area contributed by atoms with Crippen molar-refractivity contribution in [1.82, 2.24) is 0 Å². The Hall–Kier alpha value is -1.47. The molecule has 0 saturated carbocycles. The average molecular weight is 421 g/mol. The van der Waals surface area contributed by atoms with Crippen LogP contribution < -0.4 is 10.4 Å². The minimum Gasteiger partial charge on any atom is -0.407 e. The Labute approximate surface area is 171 Å². The van der Waals surface area contributed by atoms with Crippen LogP contribution in [0.2, 0.25) is 5.04 Å². The summed E-state index contributed by atoms with van der Waals surface area (Å²) in [4.78, 5) is 0. The topological polar surface area (TPSA) is 52.6 Å². The van der Waals surface area contributed by atoms with Crippen molar-refractivity contribution in [2.24, 2.45) is 0 Å². The van der Waals surface area contributed by atoms with Crippen molar-refractivity contribution >= 4 is 28.8 Å². The molecule has 0 aliphatic carbocycles. The van der Waals surface area contributed by atoms with Crippen LogP contribution in [0.5, 0.6) is 0 Å². The fraction of sp³-hybridized carbons (Fsp3) is 0.455. The second kappa shape index (κ2) is 9.35. The summed E-state index contributed by atoms with van der Waals surface area (Å²) >= 11 is 0. The van der Waals surface area contributed by atoms with Gasteiger partial charge < -0.3 is 4.43 Å². The van der Waals surface area contributed by atoms with Gasteiger partial charge in [-0.25, -0.2) is 0 Å². The van der Waals surface area contributed by atoms with Crippen LogP contribution in [-0.2, 0) is 18.7 Å². The summed E-state index contributed by atoms with van der Waals surface area (Å²) < 4.78 is 35.0. The second-order valence-corrected chi connectivity index (χ2v) is 14.0. The maximum Gasteiger partial charge on any atom is 0.264 e. The van der Waals surface area contributed by atoms with Gasteiger partial charge in [-0.15, -0.1) is 0 Å². The lowest BCUT2D eigenvalue weighted by Crippen LogP contribution is -2.66. The van der Waals surface area contributed by atoms with Crippen molar-refractivity contribution in [3.05, 3.63) is 60.7 Å². The Morgan fingerprint density at radius 2 is 1.39 bits per heavy atom. The summed E-state index contributed by atoms with van der Waals surface area (Å²) in [5, 5.41) is 2.33. The Bertz CT molecular complexity index is 790. The van der Waals surface area contributed by atoms with E-state index in [0.29, 0.717) is 19.4 Å². The quantitative estimate of drug-likeness (QED) is 0.458. The van der Waals surface area contributed by atoms with E-state index in [0.717, 1.165) is 6.26 Å². The minimum absolute atomic E-state index is 0.102. The van der Waals surface area contributed by atoms with Gasteiger partial charge in [-0.2, -0.15) is 8.42 Å². The van der Waals surface area contributed by atoms with Crippen molar-refractivity contribution in [3.8, 4) is 0 Å². The summed E-state index contributed by atoms with van der Waals surface area (Å²) in [5.74, 6) is 0. The van der Waals surface area contributed by atoms with E-state index in [2.05, 4.69) is 69.3 Å². The van der Waals surface area contributed by atoms with E-state index < -0.39 is 18.4 Å². The highest BCUT2D eigenvalue weighted by molar-refractivity contribution is 7.86. The molecule has 0 fully saturated rings. The maximum absolute atomic E-state index is 11.5. The first-order chi connectivity index (χ1) is 13.1. The molecule has 0 aromatic heterocycles. The molecule has 1 atom stereocenters. The molecular formula is C22H32O4SSi. The molecule has 0 aliphatic rings. The monoisotopic (exact) mass is 420 g/mol. The summed E-state index contributed by atoms with van der Waals surface area (Å²) in [5.41, 5.74) is 0. The maximum atomic E-state index is 11.5. The first-order valence-electron chi connectivity index (χ1n) is 9.73. The van der Waals surface area contributed by atoms with Crippen LogP contribution in [-0.4, -0.2) is 35.7 Å². The van der Waals surface area contributed by atoms with Gasteiger partial charge in [-0.3, -0.25) is 4.18 Å². The smallest absolute Gasteiger partial charge is 0.264 e. The highest BCUT2D eigenvalue weighted by atomic mass is 32.2. The lowest BCUT2D eigenvalue weighted by molar-refractivity contribution is 0.162. The predicted octanol–water partition coefficient (Wildman–Crippen LogP) is 3.71. The van der Waals surface area contributed by atoms with Gasteiger partial charge in [-0.05, 0) is 28.3 Å². The third kappa shape index (κ3) is 5.53. The summed E-state index contributed by atoms with van der Waals surface area (Å²) in [6, 6.07) is 20.8. The number of hydrogen-bond donors (Lipinski definition) is 0. The molecule has 2 aromatic carbocycles. The standard InChI is InChI=1S/C22H32O4SSi/c1-6-19(26-27(5,23)24)17-18-25-28(22(2,3)4,20-13-9-7-10-14-20)21-15-11-8-12-16-21/h7-16,19H,6,17-18H2,1-5H3. The molecule has 0 spiro atoms. The summed E-state index contributed by atoms with van der Waals surface area (Å²) in [7, 11) is -6.07. The molecule has 4 nitrogen and oxygen atoms in total. The lowest BCUT2D eigenvalue weighted by atomic mass is 10.2.